The number of ether oxygens (including phenoxy) is 2. The average molecular weight is 436 g/mol. The fraction of sp³-hybridized carbons (Fsp3) is 0.385. The zero-order chi connectivity index (χ0) is 22.8. The zero-order valence-electron chi connectivity index (χ0n) is 18.8. The van der Waals surface area contributed by atoms with Crippen molar-refractivity contribution in [2.45, 2.75) is 52.2 Å². The minimum Gasteiger partial charge on any atom is -0.507 e. The number of carbonyl (C=O) groups is 2. The SMILES string of the molecule is CCCN1C(=O)C(=O)/C(=C(\O)c2ccc3c(c2)CCCO3)C1c1cccc(OC(C)C)c1. The number of amides is 1. The van der Waals surface area contributed by atoms with Gasteiger partial charge < -0.3 is 19.5 Å². The van der Waals surface area contributed by atoms with E-state index in [1.165, 1.54) is 0 Å². The van der Waals surface area contributed by atoms with Gasteiger partial charge in [0.15, 0.2) is 0 Å². The lowest BCUT2D eigenvalue weighted by atomic mass is 9.94. The van der Waals surface area contributed by atoms with Crippen LogP contribution >= 0.6 is 0 Å². The van der Waals surface area contributed by atoms with E-state index in [-0.39, 0.29) is 17.4 Å². The Morgan fingerprint density at radius 1 is 1.22 bits per heavy atom. The number of aryl methyl sites for hydroxylation is 1. The van der Waals surface area contributed by atoms with Crippen LogP contribution in [0.2, 0.25) is 0 Å². The van der Waals surface area contributed by atoms with Crippen LogP contribution < -0.4 is 9.47 Å². The maximum Gasteiger partial charge on any atom is 0.295 e. The summed E-state index contributed by atoms with van der Waals surface area (Å²) >= 11 is 0. The minimum absolute atomic E-state index is 0.00929. The van der Waals surface area contributed by atoms with Gasteiger partial charge in [-0.25, -0.2) is 0 Å². The first kappa shape index (κ1) is 21.9. The van der Waals surface area contributed by atoms with Crippen molar-refractivity contribution in [3.8, 4) is 11.5 Å². The number of likely N-dealkylation sites (tertiary alicyclic amines) is 1. The average Bonchev–Trinajstić information content (AvgIpc) is 3.03. The number of Topliss-reactive ketones (excluding diaryl/α,β-unsaturated/α-hetero) is 1. The number of ketones is 1. The Labute approximate surface area is 188 Å². The molecule has 0 bridgehead atoms. The van der Waals surface area contributed by atoms with Crippen molar-refractivity contribution in [1.29, 1.82) is 0 Å². The molecule has 2 aliphatic heterocycles. The van der Waals surface area contributed by atoms with E-state index < -0.39 is 17.7 Å². The molecule has 1 N–H and O–H groups in total. The molecule has 1 saturated heterocycles. The predicted molar refractivity (Wildman–Crippen MR) is 122 cm³/mol. The van der Waals surface area contributed by atoms with Gasteiger partial charge in [-0.3, -0.25) is 9.59 Å². The number of benzene rings is 2. The van der Waals surface area contributed by atoms with Gasteiger partial charge in [0.1, 0.15) is 17.3 Å². The molecule has 2 heterocycles. The van der Waals surface area contributed by atoms with Crippen molar-refractivity contribution in [2.75, 3.05) is 13.2 Å². The lowest BCUT2D eigenvalue weighted by Gasteiger charge is -2.25. The Hall–Kier alpha value is -3.28. The van der Waals surface area contributed by atoms with Crippen LogP contribution in [0.1, 0.15) is 56.3 Å². The highest BCUT2D eigenvalue weighted by molar-refractivity contribution is 6.46. The van der Waals surface area contributed by atoms with Crippen LogP contribution in [0.25, 0.3) is 5.76 Å². The van der Waals surface area contributed by atoms with Gasteiger partial charge in [0.25, 0.3) is 11.7 Å². The van der Waals surface area contributed by atoms with Crippen molar-refractivity contribution in [2.24, 2.45) is 0 Å². The summed E-state index contributed by atoms with van der Waals surface area (Å²) in [5, 5.41) is 11.3. The zero-order valence-corrected chi connectivity index (χ0v) is 18.8. The van der Waals surface area contributed by atoms with Crippen molar-refractivity contribution >= 4 is 17.4 Å². The van der Waals surface area contributed by atoms with Gasteiger partial charge in [-0.2, -0.15) is 0 Å². The Morgan fingerprint density at radius 3 is 2.78 bits per heavy atom. The third-order valence-corrected chi connectivity index (χ3v) is 5.73. The summed E-state index contributed by atoms with van der Waals surface area (Å²) in [5.41, 5.74) is 2.36. The number of hydrogen-bond acceptors (Lipinski definition) is 5. The highest BCUT2D eigenvalue weighted by atomic mass is 16.5. The monoisotopic (exact) mass is 435 g/mol. The first-order valence-corrected chi connectivity index (χ1v) is 11.2. The van der Waals surface area contributed by atoms with Gasteiger partial charge in [-0.1, -0.05) is 19.1 Å². The van der Waals surface area contributed by atoms with Crippen LogP contribution in [0.4, 0.5) is 0 Å². The van der Waals surface area contributed by atoms with Crippen LogP contribution in [-0.2, 0) is 16.0 Å². The van der Waals surface area contributed by atoms with Crippen LogP contribution in [-0.4, -0.2) is 41.0 Å². The molecule has 2 aromatic rings. The molecule has 32 heavy (non-hydrogen) atoms. The van der Waals surface area contributed by atoms with E-state index in [1.54, 1.807) is 11.0 Å². The number of nitrogens with zero attached hydrogens (tertiary/aromatic N) is 1. The van der Waals surface area contributed by atoms with E-state index in [9.17, 15) is 14.7 Å². The van der Waals surface area contributed by atoms with E-state index in [0.717, 1.165) is 29.7 Å². The van der Waals surface area contributed by atoms with Gasteiger partial charge in [0.05, 0.1) is 24.3 Å². The van der Waals surface area contributed by atoms with E-state index in [4.69, 9.17) is 9.47 Å². The van der Waals surface area contributed by atoms with Crippen LogP contribution in [0.15, 0.2) is 48.0 Å². The lowest BCUT2D eigenvalue weighted by Crippen LogP contribution is -2.30. The van der Waals surface area contributed by atoms with Gasteiger partial charge in [-0.15, -0.1) is 0 Å². The number of aliphatic hydroxyl groups excluding tert-OH is 1. The Kier molecular flexibility index (Phi) is 6.21. The largest absolute Gasteiger partial charge is 0.507 e. The Balaban J connectivity index is 1.83. The van der Waals surface area contributed by atoms with E-state index in [0.29, 0.717) is 30.9 Å². The third-order valence-electron chi connectivity index (χ3n) is 5.73. The maximum absolute atomic E-state index is 13.1. The lowest BCUT2D eigenvalue weighted by molar-refractivity contribution is -0.139. The fourth-order valence-electron chi connectivity index (χ4n) is 4.39. The van der Waals surface area contributed by atoms with Gasteiger partial charge in [-0.05, 0) is 74.6 Å². The number of hydrogen-bond donors (Lipinski definition) is 1. The standard InChI is InChI=1S/C26H29NO5/c1-4-12-27-23(18-7-5-9-20(15-18)32-16(2)3)22(25(29)26(27)30)24(28)19-10-11-21-17(14-19)8-6-13-31-21/h5,7,9-11,14-16,23,28H,4,6,8,12-13H2,1-3H3/b24-22-. The number of carbonyl (C=O) groups excluding carboxylic acids is 2. The van der Waals surface area contributed by atoms with Gasteiger partial charge >= 0.3 is 0 Å². The predicted octanol–water partition coefficient (Wildman–Crippen LogP) is 4.63. The van der Waals surface area contributed by atoms with Crippen molar-refractivity contribution < 1.29 is 24.2 Å². The van der Waals surface area contributed by atoms with E-state index in [2.05, 4.69) is 0 Å². The molecule has 6 heteroatoms. The normalized spacial score (nSPS) is 19.8. The first-order valence-electron chi connectivity index (χ1n) is 11.2. The molecule has 0 spiro atoms. The topological polar surface area (TPSA) is 76.1 Å². The number of fused-ring (bicyclic) bond motifs is 1. The smallest absolute Gasteiger partial charge is 0.295 e. The third kappa shape index (κ3) is 4.09. The second-order valence-corrected chi connectivity index (χ2v) is 8.51. The highest BCUT2D eigenvalue weighted by Crippen LogP contribution is 2.41. The summed E-state index contributed by atoms with van der Waals surface area (Å²) in [7, 11) is 0. The molecule has 0 saturated carbocycles. The minimum atomic E-state index is -0.669. The molecule has 1 fully saturated rings. The summed E-state index contributed by atoms with van der Waals surface area (Å²) in [4.78, 5) is 27.5. The summed E-state index contributed by atoms with van der Waals surface area (Å²) < 4.78 is 11.5. The first-order chi connectivity index (χ1) is 15.4. The number of aliphatic hydroxyl groups is 1. The molecule has 1 unspecified atom stereocenters. The molecule has 1 atom stereocenters. The number of rotatable bonds is 6. The fourth-order valence-corrected chi connectivity index (χ4v) is 4.39. The summed E-state index contributed by atoms with van der Waals surface area (Å²) in [5.74, 6) is 0.0512. The molecule has 0 radical (unpaired) electrons. The van der Waals surface area contributed by atoms with E-state index >= 15 is 0 Å². The Bertz CT molecular complexity index is 1070. The van der Waals surface area contributed by atoms with Crippen LogP contribution in [0, 0.1) is 0 Å². The molecule has 4 rings (SSSR count). The summed E-state index contributed by atoms with van der Waals surface area (Å²) in [6.45, 7) is 6.93. The molecular weight excluding hydrogens is 406 g/mol. The quantitative estimate of drug-likeness (QED) is 0.407. The van der Waals surface area contributed by atoms with Gasteiger partial charge in [0, 0.05) is 12.1 Å². The molecule has 1 amide bonds. The maximum atomic E-state index is 13.1. The molecule has 168 valence electrons. The Morgan fingerprint density at radius 2 is 2.03 bits per heavy atom. The highest BCUT2D eigenvalue weighted by Gasteiger charge is 2.45. The van der Waals surface area contributed by atoms with Crippen LogP contribution in [0.3, 0.4) is 0 Å². The van der Waals surface area contributed by atoms with Crippen molar-refractivity contribution in [1.82, 2.24) is 4.90 Å². The second kappa shape index (κ2) is 9.07. The van der Waals surface area contributed by atoms with Crippen molar-refractivity contribution in [3.05, 3.63) is 64.7 Å². The molecular formula is C26H29NO5. The van der Waals surface area contributed by atoms with Crippen LogP contribution in [0.5, 0.6) is 11.5 Å². The molecule has 0 aliphatic carbocycles. The molecule has 2 aromatic carbocycles. The molecule has 2 aliphatic rings. The van der Waals surface area contributed by atoms with Gasteiger partial charge in [0.2, 0.25) is 0 Å². The summed E-state index contributed by atoms with van der Waals surface area (Å²) in [6.07, 6.45) is 2.44. The van der Waals surface area contributed by atoms with E-state index in [1.807, 2.05) is 57.2 Å². The van der Waals surface area contributed by atoms with Crippen molar-refractivity contribution in [3.63, 3.8) is 0 Å². The molecule has 6 nitrogen and oxygen atoms in total. The second-order valence-electron chi connectivity index (χ2n) is 8.51. The molecule has 0 aromatic heterocycles. The summed E-state index contributed by atoms with van der Waals surface area (Å²) in [6, 6.07) is 12.1.